The van der Waals surface area contributed by atoms with Gasteiger partial charge in [-0.3, -0.25) is 0 Å². The number of hydrogen-bond donors (Lipinski definition) is 2. The summed E-state index contributed by atoms with van der Waals surface area (Å²) in [6.45, 7) is 9.19. The van der Waals surface area contributed by atoms with E-state index in [4.69, 9.17) is 5.11 Å². The predicted molar refractivity (Wildman–Crippen MR) is 50.8 cm³/mol. The zero-order valence-corrected chi connectivity index (χ0v) is 8.04. The number of hydrogen-bond acceptors (Lipinski definition) is 2. The molecule has 2 nitrogen and oxygen atoms in total. The second-order valence-electron chi connectivity index (χ2n) is 3.64. The van der Waals surface area contributed by atoms with Gasteiger partial charge in [0.2, 0.25) is 0 Å². The smallest absolute Gasteiger partial charge is 0.0809 e. The van der Waals surface area contributed by atoms with Crippen LogP contribution < -0.4 is 0 Å². The molecular formula is C10H18O2. The summed E-state index contributed by atoms with van der Waals surface area (Å²) in [6.07, 6.45) is 2.78. The maximum Gasteiger partial charge on any atom is 0.0809 e. The highest BCUT2D eigenvalue weighted by Crippen LogP contribution is 2.23. The molecule has 0 spiro atoms. The van der Waals surface area contributed by atoms with Crippen LogP contribution in [0.25, 0.3) is 0 Å². The van der Waals surface area contributed by atoms with Crippen molar-refractivity contribution in [2.75, 3.05) is 6.61 Å². The molecule has 0 saturated heterocycles. The van der Waals surface area contributed by atoms with Gasteiger partial charge in [0.15, 0.2) is 0 Å². The van der Waals surface area contributed by atoms with Gasteiger partial charge in [0.05, 0.1) is 12.7 Å². The Labute approximate surface area is 74.2 Å². The van der Waals surface area contributed by atoms with Crippen molar-refractivity contribution < 1.29 is 10.2 Å². The van der Waals surface area contributed by atoms with Gasteiger partial charge in [-0.05, 0) is 12.5 Å². The monoisotopic (exact) mass is 170 g/mol. The molecule has 2 N–H and O–H groups in total. The molecule has 0 saturated carbocycles. The van der Waals surface area contributed by atoms with E-state index in [1.165, 1.54) is 0 Å². The normalized spacial score (nSPS) is 15.9. The average Bonchev–Trinajstić information content (AvgIpc) is 2.04. The third-order valence-corrected chi connectivity index (χ3v) is 1.98. The minimum Gasteiger partial charge on any atom is -0.392 e. The van der Waals surface area contributed by atoms with E-state index in [0.717, 1.165) is 5.57 Å². The summed E-state index contributed by atoms with van der Waals surface area (Å²) in [4.78, 5) is 0. The minimum atomic E-state index is -0.581. The van der Waals surface area contributed by atoms with Gasteiger partial charge in [-0.25, -0.2) is 0 Å². The second-order valence-corrected chi connectivity index (χ2v) is 3.64. The molecule has 1 atom stereocenters. The highest BCUT2D eigenvalue weighted by molar-refractivity contribution is 5.08. The molecule has 0 bridgehead atoms. The maximum absolute atomic E-state index is 9.62. The van der Waals surface area contributed by atoms with Crippen molar-refractivity contribution in [2.45, 2.75) is 26.9 Å². The molecule has 0 heterocycles. The highest BCUT2D eigenvalue weighted by Gasteiger charge is 2.21. The highest BCUT2D eigenvalue weighted by atomic mass is 16.3. The lowest BCUT2D eigenvalue weighted by atomic mass is 9.86. The van der Waals surface area contributed by atoms with Crippen LogP contribution in [0.5, 0.6) is 0 Å². The van der Waals surface area contributed by atoms with E-state index in [0.29, 0.717) is 0 Å². The van der Waals surface area contributed by atoms with Crippen LogP contribution >= 0.6 is 0 Å². The zero-order chi connectivity index (χ0) is 9.78. The molecule has 12 heavy (non-hydrogen) atoms. The summed E-state index contributed by atoms with van der Waals surface area (Å²) >= 11 is 0. The minimum absolute atomic E-state index is 0.00964. The Hall–Kier alpha value is -0.600. The molecule has 0 amide bonds. The third-order valence-electron chi connectivity index (χ3n) is 1.98. The molecule has 0 aromatic rings. The van der Waals surface area contributed by atoms with Crippen LogP contribution in [0.15, 0.2) is 24.3 Å². The number of aliphatic hydroxyl groups excluding tert-OH is 2. The van der Waals surface area contributed by atoms with Crippen molar-refractivity contribution in [1.29, 1.82) is 0 Å². The Kier molecular flexibility index (Phi) is 4.21. The first-order chi connectivity index (χ1) is 5.44. The number of aliphatic hydroxyl groups is 2. The summed E-state index contributed by atoms with van der Waals surface area (Å²) in [5, 5.41) is 18.3. The van der Waals surface area contributed by atoms with Crippen LogP contribution in [0, 0.1) is 5.41 Å². The van der Waals surface area contributed by atoms with Crippen LogP contribution in [-0.4, -0.2) is 22.9 Å². The summed E-state index contributed by atoms with van der Waals surface area (Å²) < 4.78 is 0. The van der Waals surface area contributed by atoms with Crippen LogP contribution in [0.3, 0.4) is 0 Å². The van der Waals surface area contributed by atoms with Crippen LogP contribution in [0.1, 0.15) is 20.8 Å². The fourth-order valence-electron chi connectivity index (χ4n) is 0.658. The molecular weight excluding hydrogens is 152 g/mol. The zero-order valence-electron chi connectivity index (χ0n) is 8.04. The first-order valence-electron chi connectivity index (χ1n) is 4.04. The van der Waals surface area contributed by atoms with E-state index < -0.39 is 6.10 Å². The van der Waals surface area contributed by atoms with E-state index >= 15 is 0 Å². The second kappa shape index (κ2) is 4.43. The number of rotatable bonds is 4. The van der Waals surface area contributed by atoms with Gasteiger partial charge < -0.3 is 10.2 Å². The molecule has 70 valence electrons. The van der Waals surface area contributed by atoms with Crippen molar-refractivity contribution in [2.24, 2.45) is 5.41 Å². The van der Waals surface area contributed by atoms with Gasteiger partial charge in [0.25, 0.3) is 0 Å². The van der Waals surface area contributed by atoms with Gasteiger partial charge in [0, 0.05) is 5.41 Å². The van der Waals surface area contributed by atoms with Crippen molar-refractivity contribution in [3.05, 3.63) is 24.3 Å². The van der Waals surface area contributed by atoms with Crippen LogP contribution in [-0.2, 0) is 0 Å². The molecule has 0 aliphatic carbocycles. The van der Waals surface area contributed by atoms with Gasteiger partial charge in [0.1, 0.15) is 0 Å². The summed E-state index contributed by atoms with van der Waals surface area (Å²) in [5.41, 5.74) is 0.439. The van der Waals surface area contributed by atoms with E-state index in [1.54, 1.807) is 19.1 Å². The molecule has 0 aliphatic rings. The average molecular weight is 170 g/mol. The van der Waals surface area contributed by atoms with E-state index in [9.17, 15) is 5.11 Å². The molecule has 0 rings (SSSR count). The Balaban J connectivity index is 4.39. The topological polar surface area (TPSA) is 40.5 Å². The van der Waals surface area contributed by atoms with E-state index in [-0.39, 0.29) is 12.0 Å². The molecule has 0 fully saturated rings. The lowest BCUT2D eigenvalue weighted by Gasteiger charge is -2.24. The Morgan fingerprint density at radius 2 is 2.08 bits per heavy atom. The molecule has 0 aliphatic heterocycles. The van der Waals surface area contributed by atoms with Gasteiger partial charge in [-0.2, -0.15) is 0 Å². The summed E-state index contributed by atoms with van der Waals surface area (Å²) in [7, 11) is 0. The van der Waals surface area contributed by atoms with Gasteiger partial charge >= 0.3 is 0 Å². The van der Waals surface area contributed by atoms with Crippen molar-refractivity contribution in [3.8, 4) is 0 Å². The predicted octanol–water partition coefficient (Wildman–Crippen LogP) is 1.50. The molecule has 0 radical (unpaired) electrons. The van der Waals surface area contributed by atoms with E-state index in [2.05, 4.69) is 6.58 Å². The van der Waals surface area contributed by atoms with Crippen molar-refractivity contribution in [3.63, 3.8) is 0 Å². The largest absolute Gasteiger partial charge is 0.392 e. The SMILES string of the molecule is C=CC(C)(C)C(O)/C=C(\C)CO. The Morgan fingerprint density at radius 3 is 2.42 bits per heavy atom. The van der Waals surface area contributed by atoms with Crippen molar-refractivity contribution in [1.82, 2.24) is 0 Å². The fraction of sp³-hybridized carbons (Fsp3) is 0.600. The van der Waals surface area contributed by atoms with Crippen LogP contribution in [0.4, 0.5) is 0 Å². The maximum atomic E-state index is 9.62. The summed E-state index contributed by atoms with van der Waals surface area (Å²) in [6, 6.07) is 0. The first kappa shape index (κ1) is 11.4. The third kappa shape index (κ3) is 3.20. The van der Waals surface area contributed by atoms with Crippen molar-refractivity contribution >= 4 is 0 Å². The van der Waals surface area contributed by atoms with Gasteiger partial charge in [-0.15, -0.1) is 6.58 Å². The Morgan fingerprint density at radius 1 is 1.58 bits per heavy atom. The van der Waals surface area contributed by atoms with Gasteiger partial charge in [-0.1, -0.05) is 26.0 Å². The fourth-order valence-corrected chi connectivity index (χ4v) is 0.658. The first-order valence-corrected chi connectivity index (χ1v) is 4.04. The standard InChI is InChI=1S/C10H18O2/c1-5-10(3,4)9(12)6-8(2)7-11/h5-6,9,11-12H,1,7H2,2-4H3/b8-6+. The molecule has 0 aromatic heterocycles. The van der Waals surface area contributed by atoms with Crippen LogP contribution in [0.2, 0.25) is 0 Å². The quantitative estimate of drug-likeness (QED) is 0.628. The van der Waals surface area contributed by atoms with E-state index in [1.807, 2.05) is 13.8 Å². The summed E-state index contributed by atoms with van der Waals surface area (Å²) in [5.74, 6) is 0. The molecule has 1 unspecified atom stereocenters. The molecule has 2 heteroatoms. The molecule has 0 aromatic carbocycles. The lowest BCUT2D eigenvalue weighted by molar-refractivity contribution is 0.124. The lowest BCUT2D eigenvalue weighted by Crippen LogP contribution is -2.25. The Bertz CT molecular complexity index is 180.